The van der Waals surface area contributed by atoms with Gasteiger partial charge in [0, 0.05) is 16.3 Å². The Morgan fingerprint density at radius 2 is 1.44 bits per heavy atom. The molecule has 0 bridgehead atoms. The van der Waals surface area contributed by atoms with Gasteiger partial charge in [0.15, 0.2) is 11.5 Å². The second-order valence-corrected chi connectivity index (χ2v) is 7.32. The van der Waals surface area contributed by atoms with Gasteiger partial charge in [-0.3, -0.25) is 0 Å². The van der Waals surface area contributed by atoms with Crippen LogP contribution in [0.5, 0.6) is 11.5 Å². The smallest absolute Gasteiger partial charge is 0.161 e. The van der Waals surface area contributed by atoms with E-state index >= 15 is 0 Å². The van der Waals surface area contributed by atoms with Crippen LogP contribution in [0.25, 0.3) is 0 Å². The molecule has 3 nitrogen and oxygen atoms in total. The highest BCUT2D eigenvalue weighted by Gasteiger charge is 2.06. The summed E-state index contributed by atoms with van der Waals surface area (Å²) in [6.45, 7) is 1.88. The molecule has 0 amide bonds. The number of ether oxygens (including phenoxy) is 2. The van der Waals surface area contributed by atoms with Crippen LogP contribution in [0.4, 0.5) is 0 Å². The van der Waals surface area contributed by atoms with Crippen molar-refractivity contribution in [1.29, 1.82) is 0 Å². The summed E-state index contributed by atoms with van der Waals surface area (Å²) >= 11 is 1.72. The molecule has 0 radical (unpaired) electrons. The van der Waals surface area contributed by atoms with Crippen LogP contribution in [0, 0.1) is 0 Å². The van der Waals surface area contributed by atoms with Gasteiger partial charge in [0.1, 0.15) is 0 Å². The van der Waals surface area contributed by atoms with Gasteiger partial charge in [0.25, 0.3) is 0 Å². The minimum atomic E-state index is 0.750. The number of rotatable bonds is 9. The van der Waals surface area contributed by atoms with E-state index in [1.54, 1.807) is 26.0 Å². The lowest BCUT2D eigenvalue weighted by Crippen LogP contribution is -2.16. The van der Waals surface area contributed by atoms with Crippen molar-refractivity contribution < 1.29 is 9.47 Å². The molecule has 0 aliphatic carbocycles. The molecule has 27 heavy (non-hydrogen) atoms. The lowest BCUT2D eigenvalue weighted by molar-refractivity contribution is 0.354. The molecule has 140 valence electrons. The summed E-state index contributed by atoms with van der Waals surface area (Å²) in [7, 11) is 3.31. The lowest BCUT2D eigenvalue weighted by Gasteiger charge is -2.10. The maximum Gasteiger partial charge on any atom is 0.161 e. The fourth-order valence-electron chi connectivity index (χ4n) is 2.80. The second kappa shape index (κ2) is 10.0. The van der Waals surface area contributed by atoms with Crippen LogP contribution in [0.3, 0.4) is 0 Å². The zero-order chi connectivity index (χ0) is 18.9. The molecule has 0 saturated carbocycles. The van der Waals surface area contributed by atoms with E-state index in [0.29, 0.717) is 0 Å². The summed E-state index contributed by atoms with van der Waals surface area (Å²) in [5.74, 6) is 1.50. The zero-order valence-corrected chi connectivity index (χ0v) is 16.6. The van der Waals surface area contributed by atoms with E-state index in [4.69, 9.17) is 9.47 Å². The van der Waals surface area contributed by atoms with Gasteiger partial charge in [-0.2, -0.15) is 0 Å². The quantitative estimate of drug-likeness (QED) is 0.519. The van der Waals surface area contributed by atoms with E-state index in [9.17, 15) is 0 Å². The van der Waals surface area contributed by atoms with Crippen LogP contribution in [0.1, 0.15) is 11.1 Å². The van der Waals surface area contributed by atoms with Crippen molar-refractivity contribution in [2.45, 2.75) is 22.8 Å². The number of methoxy groups -OCH3 is 2. The van der Waals surface area contributed by atoms with Gasteiger partial charge >= 0.3 is 0 Å². The normalized spacial score (nSPS) is 10.6. The first kappa shape index (κ1) is 19.3. The number of hydrogen-bond acceptors (Lipinski definition) is 4. The first-order valence-corrected chi connectivity index (χ1v) is 9.83. The highest BCUT2D eigenvalue weighted by atomic mass is 32.2. The molecule has 0 spiro atoms. The standard InChI is InChI=1S/C23H25NO2S/c1-25-22-13-12-21(16-23(22)26-2)27-20-10-8-18(9-11-20)14-15-24-17-19-6-4-3-5-7-19/h3-13,16,24H,14-15,17H2,1-2H3. The van der Waals surface area contributed by atoms with Crippen LogP contribution in [-0.2, 0) is 13.0 Å². The van der Waals surface area contributed by atoms with Gasteiger partial charge in [-0.05, 0) is 54.4 Å². The Morgan fingerprint density at radius 1 is 0.741 bits per heavy atom. The summed E-state index contributed by atoms with van der Waals surface area (Å²) in [6, 6.07) is 25.2. The molecular weight excluding hydrogens is 354 g/mol. The lowest BCUT2D eigenvalue weighted by atomic mass is 10.1. The third kappa shape index (κ3) is 5.78. The molecule has 0 fully saturated rings. The number of hydrogen-bond donors (Lipinski definition) is 1. The summed E-state index contributed by atoms with van der Waals surface area (Å²) < 4.78 is 10.7. The van der Waals surface area contributed by atoms with E-state index in [2.05, 4.69) is 53.8 Å². The van der Waals surface area contributed by atoms with E-state index in [1.807, 2.05) is 24.3 Å². The Hall–Kier alpha value is -2.43. The van der Waals surface area contributed by atoms with Crippen molar-refractivity contribution in [3.8, 4) is 11.5 Å². The summed E-state index contributed by atoms with van der Waals surface area (Å²) in [5.41, 5.74) is 2.66. The Morgan fingerprint density at radius 3 is 2.15 bits per heavy atom. The van der Waals surface area contributed by atoms with Crippen molar-refractivity contribution in [3.05, 3.63) is 83.9 Å². The van der Waals surface area contributed by atoms with Crippen LogP contribution in [0.2, 0.25) is 0 Å². The predicted octanol–water partition coefficient (Wildman–Crippen LogP) is 5.19. The maximum atomic E-state index is 5.38. The predicted molar refractivity (Wildman–Crippen MR) is 112 cm³/mol. The van der Waals surface area contributed by atoms with Gasteiger partial charge in [0.2, 0.25) is 0 Å². The molecule has 3 aromatic carbocycles. The van der Waals surface area contributed by atoms with Crippen molar-refractivity contribution >= 4 is 11.8 Å². The summed E-state index contributed by atoms with van der Waals surface area (Å²) in [5, 5.41) is 3.50. The van der Waals surface area contributed by atoms with Crippen molar-refractivity contribution in [3.63, 3.8) is 0 Å². The second-order valence-electron chi connectivity index (χ2n) is 6.18. The molecule has 0 aliphatic rings. The molecule has 3 rings (SSSR count). The molecule has 0 unspecified atom stereocenters. The molecule has 3 aromatic rings. The van der Waals surface area contributed by atoms with Gasteiger partial charge in [-0.15, -0.1) is 0 Å². The Balaban J connectivity index is 1.50. The fraction of sp³-hybridized carbons (Fsp3) is 0.217. The highest BCUT2D eigenvalue weighted by Crippen LogP contribution is 2.35. The van der Waals surface area contributed by atoms with Crippen LogP contribution < -0.4 is 14.8 Å². The number of benzene rings is 3. The zero-order valence-electron chi connectivity index (χ0n) is 15.8. The minimum absolute atomic E-state index is 0.750. The largest absolute Gasteiger partial charge is 0.493 e. The molecular formula is C23H25NO2S. The molecule has 0 saturated heterocycles. The van der Waals surface area contributed by atoms with Crippen LogP contribution >= 0.6 is 11.8 Å². The van der Waals surface area contributed by atoms with E-state index in [1.165, 1.54) is 16.0 Å². The van der Waals surface area contributed by atoms with Gasteiger partial charge < -0.3 is 14.8 Å². The molecule has 0 aliphatic heterocycles. The molecule has 0 aromatic heterocycles. The van der Waals surface area contributed by atoms with Gasteiger partial charge in [0.05, 0.1) is 14.2 Å². The topological polar surface area (TPSA) is 30.5 Å². The first-order valence-electron chi connectivity index (χ1n) is 9.02. The minimum Gasteiger partial charge on any atom is -0.493 e. The molecule has 4 heteroatoms. The van der Waals surface area contributed by atoms with Crippen molar-refractivity contribution in [2.75, 3.05) is 20.8 Å². The SMILES string of the molecule is COc1ccc(Sc2ccc(CCNCc3ccccc3)cc2)cc1OC. The molecule has 1 N–H and O–H groups in total. The van der Waals surface area contributed by atoms with Gasteiger partial charge in [-0.25, -0.2) is 0 Å². The van der Waals surface area contributed by atoms with Crippen molar-refractivity contribution in [2.24, 2.45) is 0 Å². The fourth-order valence-corrected chi connectivity index (χ4v) is 3.65. The van der Waals surface area contributed by atoms with Crippen LogP contribution in [-0.4, -0.2) is 20.8 Å². The van der Waals surface area contributed by atoms with E-state index in [0.717, 1.165) is 35.9 Å². The Kier molecular flexibility index (Phi) is 7.19. The third-order valence-corrected chi connectivity index (χ3v) is 5.27. The Bertz CT molecular complexity index is 835. The third-order valence-electron chi connectivity index (χ3n) is 4.28. The summed E-state index contributed by atoms with van der Waals surface area (Å²) in [4.78, 5) is 2.34. The monoisotopic (exact) mass is 379 g/mol. The average molecular weight is 380 g/mol. The molecule has 0 heterocycles. The maximum absolute atomic E-state index is 5.38. The Labute approximate surface area is 165 Å². The molecule has 0 atom stereocenters. The van der Waals surface area contributed by atoms with E-state index in [-0.39, 0.29) is 0 Å². The number of nitrogens with one attached hydrogen (secondary N) is 1. The van der Waals surface area contributed by atoms with Crippen molar-refractivity contribution in [1.82, 2.24) is 5.32 Å². The summed E-state index contributed by atoms with van der Waals surface area (Å²) in [6.07, 6.45) is 1.02. The van der Waals surface area contributed by atoms with Crippen LogP contribution in [0.15, 0.2) is 82.6 Å². The van der Waals surface area contributed by atoms with E-state index < -0.39 is 0 Å². The highest BCUT2D eigenvalue weighted by molar-refractivity contribution is 7.99. The average Bonchev–Trinajstić information content (AvgIpc) is 2.73. The first-order chi connectivity index (χ1) is 13.3. The van der Waals surface area contributed by atoms with Gasteiger partial charge in [-0.1, -0.05) is 54.2 Å².